The Morgan fingerprint density at radius 1 is 1.24 bits per heavy atom. The highest BCUT2D eigenvalue weighted by Gasteiger charge is 2.13. The molecule has 4 nitrogen and oxygen atoms in total. The molecule has 0 aliphatic rings. The van der Waals surface area contributed by atoms with Gasteiger partial charge in [-0.3, -0.25) is 4.68 Å². The molecule has 90 valence electrons. The van der Waals surface area contributed by atoms with Crippen molar-refractivity contribution in [1.29, 1.82) is 0 Å². The smallest absolute Gasteiger partial charge is 0.118 e. The lowest BCUT2D eigenvalue weighted by Crippen LogP contribution is -2.17. The maximum Gasteiger partial charge on any atom is 0.118 e. The highest BCUT2D eigenvalue weighted by molar-refractivity contribution is 5.33. The Morgan fingerprint density at radius 3 is 2.41 bits per heavy atom. The van der Waals surface area contributed by atoms with Crippen molar-refractivity contribution in [2.75, 3.05) is 14.2 Å². The molecular formula is C13H17N3O. The van der Waals surface area contributed by atoms with Crippen molar-refractivity contribution >= 4 is 0 Å². The number of hydrogen-bond acceptors (Lipinski definition) is 3. The number of benzene rings is 1. The van der Waals surface area contributed by atoms with E-state index >= 15 is 0 Å². The summed E-state index contributed by atoms with van der Waals surface area (Å²) in [6, 6.07) is 8.22. The van der Waals surface area contributed by atoms with Crippen molar-refractivity contribution < 1.29 is 4.74 Å². The van der Waals surface area contributed by atoms with Crippen LogP contribution in [-0.4, -0.2) is 23.9 Å². The Balaban J connectivity index is 2.28. The Hall–Kier alpha value is -1.81. The van der Waals surface area contributed by atoms with Crippen molar-refractivity contribution in [3.63, 3.8) is 0 Å². The molecular weight excluding hydrogens is 214 g/mol. The number of ether oxygens (including phenoxy) is 1. The molecule has 0 spiro atoms. The largest absolute Gasteiger partial charge is 0.497 e. The van der Waals surface area contributed by atoms with Gasteiger partial charge in [0.1, 0.15) is 5.75 Å². The molecule has 1 aromatic carbocycles. The van der Waals surface area contributed by atoms with Crippen LogP contribution in [0.1, 0.15) is 17.2 Å². The molecule has 0 saturated carbocycles. The van der Waals surface area contributed by atoms with Crippen LogP contribution in [0.5, 0.6) is 5.75 Å². The van der Waals surface area contributed by atoms with Crippen molar-refractivity contribution in [2.45, 2.75) is 6.04 Å². The maximum atomic E-state index is 5.16. The Morgan fingerprint density at radius 2 is 1.94 bits per heavy atom. The first kappa shape index (κ1) is 11.7. The summed E-state index contributed by atoms with van der Waals surface area (Å²) in [5.41, 5.74) is 2.35. The zero-order valence-corrected chi connectivity index (χ0v) is 10.3. The van der Waals surface area contributed by atoms with Crippen molar-refractivity contribution in [2.24, 2.45) is 7.05 Å². The van der Waals surface area contributed by atoms with E-state index in [9.17, 15) is 0 Å². The van der Waals surface area contributed by atoms with Crippen LogP contribution in [-0.2, 0) is 7.05 Å². The third-order valence-electron chi connectivity index (χ3n) is 2.80. The Labute approximate surface area is 101 Å². The lowest BCUT2D eigenvalue weighted by molar-refractivity contribution is 0.414. The third-order valence-corrected chi connectivity index (χ3v) is 2.80. The molecule has 17 heavy (non-hydrogen) atoms. The van der Waals surface area contributed by atoms with Gasteiger partial charge in [-0.15, -0.1) is 0 Å². The number of methoxy groups -OCH3 is 1. The van der Waals surface area contributed by atoms with E-state index in [2.05, 4.69) is 22.5 Å². The second kappa shape index (κ2) is 5.01. The summed E-state index contributed by atoms with van der Waals surface area (Å²) in [7, 11) is 5.54. The monoisotopic (exact) mass is 231 g/mol. The van der Waals surface area contributed by atoms with Crippen LogP contribution in [0.2, 0.25) is 0 Å². The van der Waals surface area contributed by atoms with E-state index in [0.29, 0.717) is 0 Å². The van der Waals surface area contributed by atoms with E-state index < -0.39 is 0 Å². The average molecular weight is 231 g/mol. The highest BCUT2D eigenvalue weighted by Crippen LogP contribution is 2.23. The molecule has 0 bridgehead atoms. The summed E-state index contributed by atoms with van der Waals surface area (Å²) in [6.45, 7) is 0. The number of rotatable bonds is 4. The van der Waals surface area contributed by atoms with Crippen molar-refractivity contribution in [3.05, 3.63) is 47.8 Å². The summed E-state index contributed by atoms with van der Waals surface area (Å²) in [5.74, 6) is 0.870. The molecule has 0 amide bonds. The molecule has 1 aromatic heterocycles. The van der Waals surface area contributed by atoms with Gasteiger partial charge in [-0.1, -0.05) is 12.1 Å². The van der Waals surface area contributed by atoms with E-state index in [1.54, 1.807) is 7.11 Å². The molecule has 0 aliphatic heterocycles. The minimum absolute atomic E-state index is 0.162. The zero-order valence-electron chi connectivity index (χ0n) is 10.3. The third kappa shape index (κ3) is 2.47. The molecule has 2 rings (SSSR count). The minimum atomic E-state index is 0.162. The predicted octanol–water partition coefficient (Wildman–Crippen LogP) is 1.74. The van der Waals surface area contributed by atoms with E-state index in [1.807, 2.05) is 43.3 Å². The predicted molar refractivity (Wildman–Crippen MR) is 67.1 cm³/mol. The van der Waals surface area contributed by atoms with E-state index in [0.717, 1.165) is 11.3 Å². The topological polar surface area (TPSA) is 39.1 Å². The van der Waals surface area contributed by atoms with Crippen LogP contribution >= 0.6 is 0 Å². The fourth-order valence-electron chi connectivity index (χ4n) is 1.91. The van der Waals surface area contributed by atoms with Crippen LogP contribution in [0, 0.1) is 0 Å². The van der Waals surface area contributed by atoms with Crippen molar-refractivity contribution in [1.82, 2.24) is 15.1 Å². The molecule has 0 aliphatic carbocycles. The number of nitrogens with one attached hydrogen (secondary N) is 1. The maximum absolute atomic E-state index is 5.16. The first-order valence-corrected chi connectivity index (χ1v) is 5.54. The van der Waals surface area contributed by atoms with Crippen LogP contribution in [0.3, 0.4) is 0 Å². The van der Waals surface area contributed by atoms with Gasteiger partial charge in [-0.05, 0) is 24.7 Å². The summed E-state index contributed by atoms with van der Waals surface area (Å²) in [4.78, 5) is 0. The Bertz CT molecular complexity index is 476. The van der Waals surface area contributed by atoms with Gasteiger partial charge < -0.3 is 10.1 Å². The fraction of sp³-hybridized carbons (Fsp3) is 0.308. The second-order valence-corrected chi connectivity index (χ2v) is 3.94. The lowest BCUT2D eigenvalue weighted by Gasteiger charge is -2.15. The average Bonchev–Trinajstić information content (AvgIpc) is 2.78. The van der Waals surface area contributed by atoms with Crippen LogP contribution in [0.15, 0.2) is 36.7 Å². The molecule has 0 radical (unpaired) electrons. The first-order chi connectivity index (χ1) is 8.24. The minimum Gasteiger partial charge on any atom is -0.497 e. The lowest BCUT2D eigenvalue weighted by atomic mass is 10.0. The number of hydrogen-bond donors (Lipinski definition) is 1. The van der Waals surface area contributed by atoms with Gasteiger partial charge in [0.25, 0.3) is 0 Å². The van der Waals surface area contributed by atoms with Crippen LogP contribution in [0.25, 0.3) is 0 Å². The van der Waals surface area contributed by atoms with Gasteiger partial charge >= 0.3 is 0 Å². The number of aryl methyl sites for hydroxylation is 1. The van der Waals surface area contributed by atoms with Gasteiger partial charge in [0.05, 0.1) is 19.3 Å². The van der Waals surface area contributed by atoms with Gasteiger partial charge in [0.15, 0.2) is 0 Å². The summed E-state index contributed by atoms with van der Waals surface area (Å²) < 4.78 is 6.96. The summed E-state index contributed by atoms with van der Waals surface area (Å²) in [6.07, 6.45) is 3.90. The van der Waals surface area contributed by atoms with Crippen LogP contribution < -0.4 is 10.1 Å². The standard InChI is InChI=1S/C13H17N3O/c1-14-13(11-8-15-16(2)9-11)10-4-6-12(17-3)7-5-10/h4-9,13-14H,1-3H3. The van der Waals surface area contributed by atoms with E-state index in [4.69, 9.17) is 4.74 Å². The summed E-state index contributed by atoms with van der Waals surface area (Å²) >= 11 is 0. The Kier molecular flexibility index (Phi) is 3.44. The summed E-state index contributed by atoms with van der Waals surface area (Å²) in [5, 5.41) is 7.49. The highest BCUT2D eigenvalue weighted by atomic mass is 16.5. The molecule has 2 aromatic rings. The zero-order chi connectivity index (χ0) is 12.3. The van der Waals surface area contributed by atoms with E-state index in [-0.39, 0.29) is 6.04 Å². The molecule has 1 heterocycles. The van der Waals surface area contributed by atoms with Gasteiger partial charge in [0, 0.05) is 18.8 Å². The molecule has 0 saturated heterocycles. The van der Waals surface area contributed by atoms with Gasteiger partial charge in [-0.25, -0.2) is 0 Å². The number of aromatic nitrogens is 2. The van der Waals surface area contributed by atoms with Gasteiger partial charge in [-0.2, -0.15) is 5.10 Å². The molecule has 1 unspecified atom stereocenters. The quantitative estimate of drug-likeness (QED) is 0.871. The SMILES string of the molecule is CNC(c1ccc(OC)cc1)c1cnn(C)c1. The second-order valence-electron chi connectivity index (χ2n) is 3.94. The van der Waals surface area contributed by atoms with E-state index in [1.165, 1.54) is 5.56 Å². The fourth-order valence-corrected chi connectivity index (χ4v) is 1.91. The van der Waals surface area contributed by atoms with Crippen molar-refractivity contribution in [3.8, 4) is 5.75 Å². The molecule has 1 N–H and O–H groups in total. The normalized spacial score (nSPS) is 12.4. The molecule has 4 heteroatoms. The van der Waals surface area contributed by atoms with Crippen LogP contribution in [0.4, 0.5) is 0 Å². The number of nitrogens with zero attached hydrogens (tertiary/aromatic N) is 2. The first-order valence-electron chi connectivity index (χ1n) is 5.54. The van der Waals surface area contributed by atoms with Gasteiger partial charge in [0.2, 0.25) is 0 Å². The molecule has 1 atom stereocenters. The molecule has 0 fully saturated rings.